The number of nitrogens with zero attached hydrogens (tertiary/aromatic N) is 1. The van der Waals surface area contributed by atoms with Gasteiger partial charge in [0.25, 0.3) is 0 Å². The number of halogens is 1. The molecule has 0 unspecified atom stereocenters. The average molecular weight is 258 g/mol. The molecule has 88 valence electrons. The first kappa shape index (κ1) is 11.0. The van der Waals surface area contributed by atoms with E-state index in [1.807, 2.05) is 24.3 Å². The molecule has 0 bridgehead atoms. The van der Waals surface area contributed by atoms with E-state index in [0.717, 1.165) is 16.5 Å². The van der Waals surface area contributed by atoms with Crippen molar-refractivity contribution in [3.63, 3.8) is 0 Å². The fourth-order valence-electron chi connectivity index (χ4n) is 1.90. The van der Waals surface area contributed by atoms with Gasteiger partial charge in [-0.15, -0.1) is 0 Å². The minimum Gasteiger partial charge on any atom is -0.404 e. The lowest BCUT2D eigenvalue weighted by atomic mass is 10.0. The van der Waals surface area contributed by atoms with Gasteiger partial charge in [0.05, 0.1) is 0 Å². The van der Waals surface area contributed by atoms with Gasteiger partial charge < -0.3 is 4.42 Å². The summed E-state index contributed by atoms with van der Waals surface area (Å²) < 4.78 is 5.05. The van der Waals surface area contributed by atoms with Crippen molar-refractivity contribution in [2.45, 2.75) is 0 Å². The quantitative estimate of drug-likeness (QED) is 0.670. The molecule has 0 aliphatic rings. The molecule has 3 rings (SSSR count). The summed E-state index contributed by atoms with van der Waals surface area (Å²) in [6.45, 7) is 0. The van der Waals surface area contributed by atoms with E-state index in [1.54, 1.807) is 18.3 Å². The van der Waals surface area contributed by atoms with Gasteiger partial charge in [0, 0.05) is 33.8 Å². The zero-order valence-corrected chi connectivity index (χ0v) is 10.0. The van der Waals surface area contributed by atoms with Crippen LogP contribution in [0.2, 0.25) is 5.02 Å². The van der Waals surface area contributed by atoms with Gasteiger partial charge in [-0.1, -0.05) is 29.8 Å². The highest BCUT2D eigenvalue weighted by atomic mass is 35.5. The zero-order valence-electron chi connectivity index (χ0n) is 9.26. The number of benzene rings is 1. The van der Waals surface area contributed by atoms with Crippen molar-refractivity contribution < 1.29 is 4.42 Å². The SMILES string of the molecule is O=c1cc(-c2ccccc2Cl)c2cccnc2o1. The maximum atomic E-state index is 11.5. The number of aromatic nitrogens is 1. The van der Waals surface area contributed by atoms with E-state index in [1.165, 1.54) is 6.07 Å². The van der Waals surface area contributed by atoms with E-state index in [2.05, 4.69) is 4.98 Å². The number of rotatable bonds is 1. The maximum Gasteiger partial charge on any atom is 0.338 e. The summed E-state index contributed by atoms with van der Waals surface area (Å²) >= 11 is 6.16. The Labute approximate surface area is 108 Å². The summed E-state index contributed by atoms with van der Waals surface area (Å²) in [4.78, 5) is 15.6. The monoisotopic (exact) mass is 257 g/mol. The Balaban J connectivity index is 2.42. The van der Waals surface area contributed by atoms with Crippen LogP contribution >= 0.6 is 11.6 Å². The van der Waals surface area contributed by atoms with Crippen molar-refractivity contribution in [2.24, 2.45) is 0 Å². The summed E-state index contributed by atoms with van der Waals surface area (Å²) in [5, 5.41) is 1.36. The topological polar surface area (TPSA) is 43.1 Å². The first-order chi connectivity index (χ1) is 8.75. The first-order valence-electron chi connectivity index (χ1n) is 5.39. The third kappa shape index (κ3) is 1.79. The van der Waals surface area contributed by atoms with Crippen LogP contribution in [0.5, 0.6) is 0 Å². The van der Waals surface area contributed by atoms with E-state index >= 15 is 0 Å². The number of hydrogen-bond acceptors (Lipinski definition) is 3. The van der Waals surface area contributed by atoms with E-state index in [9.17, 15) is 4.79 Å². The van der Waals surface area contributed by atoms with Gasteiger partial charge in [-0.2, -0.15) is 0 Å². The molecule has 0 saturated carbocycles. The lowest BCUT2D eigenvalue weighted by Gasteiger charge is -2.06. The first-order valence-corrected chi connectivity index (χ1v) is 5.77. The predicted octanol–water partition coefficient (Wildman–Crippen LogP) is 3.51. The molecule has 3 nitrogen and oxygen atoms in total. The highest BCUT2D eigenvalue weighted by Crippen LogP contribution is 2.31. The lowest BCUT2D eigenvalue weighted by Crippen LogP contribution is -1.99. The molecule has 2 heterocycles. The fraction of sp³-hybridized carbons (Fsp3) is 0. The van der Waals surface area contributed by atoms with Crippen molar-refractivity contribution in [1.82, 2.24) is 4.98 Å². The number of hydrogen-bond donors (Lipinski definition) is 0. The van der Waals surface area contributed by atoms with Crippen molar-refractivity contribution in [3.05, 3.63) is 64.1 Å². The maximum absolute atomic E-state index is 11.5. The number of pyridine rings is 1. The van der Waals surface area contributed by atoms with Gasteiger partial charge >= 0.3 is 5.63 Å². The Hall–Kier alpha value is -2.13. The minimum atomic E-state index is -0.434. The summed E-state index contributed by atoms with van der Waals surface area (Å²) in [5.74, 6) is 0. The van der Waals surface area contributed by atoms with Crippen LogP contribution < -0.4 is 5.63 Å². The molecule has 0 amide bonds. The van der Waals surface area contributed by atoms with E-state index < -0.39 is 5.63 Å². The van der Waals surface area contributed by atoms with Crippen LogP contribution in [0.3, 0.4) is 0 Å². The normalized spacial score (nSPS) is 10.7. The van der Waals surface area contributed by atoms with E-state index in [4.69, 9.17) is 16.0 Å². The molecule has 0 fully saturated rings. The van der Waals surface area contributed by atoms with E-state index in [-0.39, 0.29) is 0 Å². The van der Waals surface area contributed by atoms with Crippen molar-refractivity contribution in [3.8, 4) is 11.1 Å². The molecule has 3 aromatic rings. The smallest absolute Gasteiger partial charge is 0.338 e. The van der Waals surface area contributed by atoms with Gasteiger partial charge in [-0.05, 0) is 18.2 Å². The largest absolute Gasteiger partial charge is 0.404 e. The van der Waals surface area contributed by atoms with Crippen LogP contribution in [0.15, 0.2) is 57.9 Å². The van der Waals surface area contributed by atoms with Gasteiger partial charge in [-0.25, -0.2) is 9.78 Å². The molecule has 18 heavy (non-hydrogen) atoms. The van der Waals surface area contributed by atoms with Crippen LogP contribution in [-0.2, 0) is 0 Å². The summed E-state index contributed by atoms with van der Waals surface area (Å²) in [5.41, 5.74) is 1.42. The molecule has 0 saturated heterocycles. The molecule has 0 N–H and O–H groups in total. The van der Waals surface area contributed by atoms with Gasteiger partial charge in [0.1, 0.15) is 0 Å². The van der Waals surface area contributed by atoms with Gasteiger partial charge in [-0.3, -0.25) is 0 Å². The fourth-order valence-corrected chi connectivity index (χ4v) is 2.14. The van der Waals surface area contributed by atoms with E-state index in [0.29, 0.717) is 10.7 Å². The summed E-state index contributed by atoms with van der Waals surface area (Å²) in [6.07, 6.45) is 1.58. The van der Waals surface area contributed by atoms with Crippen molar-refractivity contribution in [2.75, 3.05) is 0 Å². The third-order valence-corrected chi connectivity index (χ3v) is 3.01. The zero-order chi connectivity index (χ0) is 12.5. The Kier molecular flexibility index (Phi) is 2.61. The highest BCUT2D eigenvalue weighted by molar-refractivity contribution is 6.33. The predicted molar refractivity (Wildman–Crippen MR) is 70.7 cm³/mol. The molecule has 4 heteroatoms. The Bertz CT molecular complexity index is 780. The van der Waals surface area contributed by atoms with Crippen LogP contribution in [0.1, 0.15) is 0 Å². The molecular formula is C14H8ClNO2. The van der Waals surface area contributed by atoms with Crippen molar-refractivity contribution in [1.29, 1.82) is 0 Å². The minimum absolute atomic E-state index is 0.319. The van der Waals surface area contributed by atoms with Crippen LogP contribution in [0.25, 0.3) is 22.2 Å². The average Bonchev–Trinajstić information content (AvgIpc) is 2.38. The molecule has 0 aliphatic carbocycles. The highest BCUT2D eigenvalue weighted by Gasteiger charge is 2.10. The number of fused-ring (bicyclic) bond motifs is 1. The van der Waals surface area contributed by atoms with Crippen LogP contribution in [0, 0.1) is 0 Å². The summed E-state index contributed by atoms with van der Waals surface area (Å²) in [6, 6.07) is 12.4. The molecule has 2 aromatic heterocycles. The van der Waals surface area contributed by atoms with Gasteiger partial charge in [0.2, 0.25) is 5.71 Å². The molecule has 1 aromatic carbocycles. The second-order valence-corrected chi connectivity index (χ2v) is 4.22. The molecule has 0 spiro atoms. The third-order valence-electron chi connectivity index (χ3n) is 2.68. The van der Waals surface area contributed by atoms with Crippen LogP contribution in [-0.4, -0.2) is 4.98 Å². The molecule has 0 radical (unpaired) electrons. The Morgan fingerprint density at radius 1 is 1.06 bits per heavy atom. The molecule has 0 atom stereocenters. The Morgan fingerprint density at radius 3 is 2.72 bits per heavy atom. The van der Waals surface area contributed by atoms with Gasteiger partial charge in [0.15, 0.2) is 0 Å². The summed E-state index contributed by atoms with van der Waals surface area (Å²) in [7, 11) is 0. The molecular weight excluding hydrogens is 250 g/mol. The second kappa shape index (κ2) is 4.27. The second-order valence-electron chi connectivity index (χ2n) is 3.82. The Morgan fingerprint density at radius 2 is 1.89 bits per heavy atom. The van der Waals surface area contributed by atoms with Crippen LogP contribution in [0.4, 0.5) is 0 Å². The standard InChI is InChI=1S/C14H8ClNO2/c15-12-6-2-1-4-9(12)11-8-13(17)18-14-10(11)5-3-7-16-14/h1-8H. The molecule has 0 aliphatic heterocycles. The van der Waals surface area contributed by atoms with Crippen molar-refractivity contribution >= 4 is 22.7 Å². The lowest BCUT2D eigenvalue weighted by molar-refractivity contribution is 0.550.